The molecule has 1 fully saturated rings. The van der Waals surface area contributed by atoms with Crippen LogP contribution in [0.15, 0.2) is 59.8 Å². The summed E-state index contributed by atoms with van der Waals surface area (Å²) in [5.41, 5.74) is 1.29. The fourth-order valence-corrected chi connectivity index (χ4v) is 4.55. The summed E-state index contributed by atoms with van der Waals surface area (Å²) in [4.78, 5) is 27.2. The van der Waals surface area contributed by atoms with Crippen molar-refractivity contribution in [3.63, 3.8) is 0 Å². The van der Waals surface area contributed by atoms with Crippen LogP contribution in [0.25, 0.3) is 0 Å². The summed E-state index contributed by atoms with van der Waals surface area (Å²) in [7, 11) is 1.88. The molecule has 30 heavy (non-hydrogen) atoms. The topological polar surface area (TPSA) is 68.1 Å². The van der Waals surface area contributed by atoms with Crippen LogP contribution in [0.4, 0.5) is 0 Å². The minimum absolute atomic E-state index is 0.0365. The summed E-state index contributed by atoms with van der Waals surface area (Å²) in [6, 6.07) is 16.0. The lowest BCUT2D eigenvalue weighted by molar-refractivity contribution is 0.0727. The number of hydrogen-bond donors (Lipinski definition) is 0. The SMILES string of the molecule is Cn1c(SCC(=O)c2ccccc2)nnc1C1CCCN1C(=O)c1ccc(Cl)cc1. The molecule has 4 rings (SSSR count). The average Bonchev–Trinajstić information content (AvgIpc) is 3.39. The van der Waals surface area contributed by atoms with Gasteiger partial charge in [-0.05, 0) is 37.1 Å². The predicted molar refractivity (Wildman–Crippen MR) is 117 cm³/mol. The van der Waals surface area contributed by atoms with Gasteiger partial charge in [0.15, 0.2) is 16.8 Å². The Morgan fingerprint density at radius 3 is 2.53 bits per heavy atom. The Kier molecular flexibility index (Phi) is 6.20. The second kappa shape index (κ2) is 9.02. The number of thioether (sulfide) groups is 1. The Morgan fingerprint density at radius 2 is 1.80 bits per heavy atom. The van der Waals surface area contributed by atoms with Crippen LogP contribution in [-0.4, -0.2) is 43.7 Å². The summed E-state index contributed by atoms with van der Waals surface area (Å²) in [5.74, 6) is 1.04. The first-order valence-electron chi connectivity index (χ1n) is 9.71. The van der Waals surface area contributed by atoms with Crippen molar-refractivity contribution in [1.29, 1.82) is 0 Å². The largest absolute Gasteiger partial charge is 0.328 e. The van der Waals surface area contributed by atoms with Crippen LogP contribution in [0, 0.1) is 0 Å². The van der Waals surface area contributed by atoms with Gasteiger partial charge in [0, 0.05) is 29.7 Å². The first kappa shape index (κ1) is 20.6. The molecule has 1 atom stereocenters. The maximum Gasteiger partial charge on any atom is 0.254 e. The highest BCUT2D eigenvalue weighted by Crippen LogP contribution is 2.33. The second-order valence-electron chi connectivity index (χ2n) is 7.14. The average molecular weight is 441 g/mol. The summed E-state index contributed by atoms with van der Waals surface area (Å²) in [6.07, 6.45) is 1.74. The lowest BCUT2D eigenvalue weighted by Crippen LogP contribution is -2.31. The molecule has 0 N–H and O–H groups in total. The number of aromatic nitrogens is 3. The number of benzene rings is 2. The van der Waals surface area contributed by atoms with Crippen molar-refractivity contribution < 1.29 is 9.59 Å². The first-order valence-corrected chi connectivity index (χ1v) is 11.1. The normalized spacial score (nSPS) is 16.1. The summed E-state index contributed by atoms with van der Waals surface area (Å²) in [6.45, 7) is 0.675. The van der Waals surface area contributed by atoms with E-state index in [4.69, 9.17) is 11.6 Å². The van der Waals surface area contributed by atoms with Gasteiger partial charge in [0.05, 0.1) is 11.8 Å². The molecule has 0 saturated carbocycles. The zero-order valence-corrected chi connectivity index (χ0v) is 18.1. The standard InChI is InChI=1S/C22H21ClN4O2S/c1-26-20(24-25-22(26)30-14-19(28)15-6-3-2-4-7-15)18-8-5-13-27(18)21(29)16-9-11-17(23)12-10-16/h2-4,6-7,9-12,18H,5,8,13-14H2,1H3. The van der Waals surface area contributed by atoms with Crippen molar-refractivity contribution in [2.24, 2.45) is 7.05 Å². The van der Waals surface area contributed by atoms with E-state index in [1.807, 2.05) is 46.8 Å². The molecule has 0 radical (unpaired) electrons. The fraction of sp³-hybridized carbons (Fsp3) is 0.273. The maximum atomic E-state index is 13.0. The van der Waals surface area contributed by atoms with Gasteiger partial charge in [-0.2, -0.15) is 0 Å². The summed E-state index contributed by atoms with van der Waals surface area (Å²) < 4.78 is 1.89. The van der Waals surface area contributed by atoms with Gasteiger partial charge in [-0.15, -0.1) is 10.2 Å². The number of Topliss-reactive ketones (excluding diaryl/α,β-unsaturated/α-hetero) is 1. The highest BCUT2D eigenvalue weighted by molar-refractivity contribution is 7.99. The number of rotatable bonds is 6. The molecule has 0 spiro atoms. The molecule has 1 aromatic heterocycles. The van der Waals surface area contributed by atoms with E-state index in [0.29, 0.717) is 27.9 Å². The minimum atomic E-state index is -0.134. The lowest BCUT2D eigenvalue weighted by Gasteiger charge is -2.24. The zero-order valence-electron chi connectivity index (χ0n) is 16.5. The Hall–Kier alpha value is -2.64. The fourth-order valence-electron chi connectivity index (χ4n) is 3.62. The molecule has 1 unspecified atom stereocenters. The maximum absolute atomic E-state index is 13.0. The molecule has 6 nitrogen and oxygen atoms in total. The third kappa shape index (κ3) is 4.27. The molecule has 1 aliphatic heterocycles. The number of carbonyl (C=O) groups excluding carboxylic acids is 2. The van der Waals surface area contributed by atoms with Gasteiger partial charge in [-0.1, -0.05) is 53.7 Å². The van der Waals surface area contributed by atoms with Crippen LogP contribution in [0.1, 0.15) is 45.4 Å². The van der Waals surface area contributed by atoms with Crippen LogP contribution < -0.4 is 0 Å². The van der Waals surface area contributed by atoms with Gasteiger partial charge < -0.3 is 9.47 Å². The van der Waals surface area contributed by atoms with Gasteiger partial charge >= 0.3 is 0 Å². The Bertz CT molecular complexity index is 1050. The van der Waals surface area contributed by atoms with E-state index >= 15 is 0 Å². The van der Waals surface area contributed by atoms with Crippen molar-refractivity contribution >= 4 is 35.1 Å². The van der Waals surface area contributed by atoms with Crippen molar-refractivity contribution in [2.45, 2.75) is 24.0 Å². The van der Waals surface area contributed by atoms with E-state index in [0.717, 1.165) is 18.7 Å². The predicted octanol–water partition coefficient (Wildman–Crippen LogP) is 4.42. The molecule has 0 bridgehead atoms. The van der Waals surface area contributed by atoms with E-state index < -0.39 is 0 Å². The monoisotopic (exact) mass is 440 g/mol. The van der Waals surface area contributed by atoms with Gasteiger partial charge in [-0.25, -0.2) is 0 Å². The Morgan fingerprint density at radius 1 is 1.07 bits per heavy atom. The van der Waals surface area contributed by atoms with Crippen LogP contribution in [-0.2, 0) is 7.05 Å². The van der Waals surface area contributed by atoms with Gasteiger partial charge in [0.25, 0.3) is 5.91 Å². The molecular formula is C22H21ClN4O2S. The summed E-state index contributed by atoms with van der Waals surface area (Å²) >= 11 is 7.30. The molecule has 1 aliphatic rings. The van der Waals surface area contributed by atoms with E-state index in [1.54, 1.807) is 24.3 Å². The van der Waals surface area contributed by atoms with Crippen molar-refractivity contribution in [3.05, 3.63) is 76.6 Å². The number of ketones is 1. The Balaban J connectivity index is 1.47. The van der Waals surface area contributed by atoms with E-state index in [1.165, 1.54) is 11.8 Å². The third-order valence-corrected chi connectivity index (χ3v) is 6.47. The van der Waals surface area contributed by atoms with Gasteiger partial charge in [0.2, 0.25) is 0 Å². The highest BCUT2D eigenvalue weighted by Gasteiger charge is 2.34. The van der Waals surface area contributed by atoms with Crippen LogP contribution in [0.5, 0.6) is 0 Å². The molecule has 1 amide bonds. The summed E-state index contributed by atoms with van der Waals surface area (Å²) in [5, 5.41) is 9.90. The first-order chi connectivity index (χ1) is 14.5. The van der Waals surface area contributed by atoms with Crippen molar-refractivity contribution in [1.82, 2.24) is 19.7 Å². The number of hydrogen-bond acceptors (Lipinski definition) is 5. The van der Waals surface area contributed by atoms with E-state index in [9.17, 15) is 9.59 Å². The number of nitrogens with zero attached hydrogens (tertiary/aromatic N) is 4. The molecule has 1 saturated heterocycles. The number of halogens is 1. The molecule has 154 valence electrons. The molecule has 2 heterocycles. The van der Waals surface area contributed by atoms with Crippen LogP contribution in [0.3, 0.4) is 0 Å². The molecule has 3 aromatic rings. The van der Waals surface area contributed by atoms with Crippen molar-refractivity contribution in [3.8, 4) is 0 Å². The van der Waals surface area contributed by atoms with Gasteiger partial charge in [0.1, 0.15) is 0 Å². The molecular weight excluding hydrogens is 420 g/mol. The molecule has 8 heteroatoms. The van der Waals surface area contributed by atoms with Crippen molar-refractivity contribution in [2.75, 3.05) is 12.3 Å². The Labute approximate surface area is 184 Å². The van der Waals surface area contributed by atoms with Crippen LogP contribution >= 0.6 is 23.4 Å². The lowest BCUT2D eigenvalue weighted by atomic mass is 10.1. The van der Waals surface area contributed by atoms with E-state index in [-0.39, 0.29) is 23.5 Å². The van der Waals surface area contributed by atoms with E-state index in [2.05, 4.69) is 10.2 Å². The number of carbonyl (C=O) groups is 2. The van der Waals surface area contributed by atoms with Crippen LogP contribution in [0.2, 0.25) is 5.02 Å². The quantitative estimate of drug-likeness (QED) is 0.419. The molecule has 0 aliphatic carbocycles. The molecule has 2 aromatic carbocycles. The third-order valence-electron chi connectivity index (χ3n) is 5.20. The number of amides is 1. The smallest absolute Gasteiger partial charge is 0.254 e. The van der Waals surface area contributed by atoms with Gasteiger partial charge in [-0.3, -0.25) is 9.59 Å². The zero-order chi connectivity index (χ0) is 21.1. The second-order valence-corrected chi connectivity index (χ2v) is 8.52. The minimum Gasteiger partial charge on any atom is -0.328 e. The highest BCUT2D eigenvalue weighted by atomic mass is 35.5. The number of likely N-dealkylation sites (tertiary alicyclic amines) is 1.